The van der Waals surface area contributed by atoms with Gasteiger partial charge in [-0.3, -0.25) is 4.90 Å². The van der Waals surface area contributed by atoms with E-state index in [0.717, 1.165) is 44.0 Å². The second-order valence-electron chi connectivity index (χ2n) is 5.74. The van der Waals surface area contributed by atoms with Crippen molar-refractivity contribution in [2.75, 3.05) is 19.7 Å². The van der Waals surface area contributed by atoms with Crippen molar-refractivity contribution in [1.82, 2.24) is 14.5 Å². The molecule has 3 rings (SSSR count). The van der Waals surface area contributed by atoms with Crippen molar-refractivity contribution in [1.29, 1.82) is 0 Å². The summed E-state index contributed by atoms with van der Waals surface area (Å²) >= 11 is 0. The quantitative estimate of drug-likeness (QED) is 0.858. The Bertz CT molecular complexity index is 583. The molecule has 0 radical (unpaired) electrons. The van der Waals surface area contributed by atoms with E-state index in [1.54, 1.807) is 0 Å². The Labute approximate surface area is 125 Å². The lowest BCUT2D eigenvalue weighted by atomic mass is 9.88. The van der Waals surface area contributed by atoms with Crippen LogP contribution in [-0.2, 0) is 18.6 Å². The maximum absolute atomic E-state index is 9.73. The van der Waals surface area contributed by atoms with Crippen molar-refractivity contribution in [3.05, 3.63) is 54.1 Å². The Morgan fingerprint density at radius 2 is 2.05 bits per heavy atom. The molecule has 3 N–H and O–H groups in total. The zero-order chi connectivity index (χ0) is 14.7. The van der Waals surface area contributed by atoms with Gasteiger partial charge in [-0.05, 0) is 12.0 Å². The van der Waals surface area contributed by atoms with Crippen molar-refractivity contribution in [3.8, 4) is 0 Å². The maximum atomic E-state index is 9.73. The van der Waals surface area contributed by atoms with Gasteiger partial charge in [-0.25, -0.2) is 4.98 Å². The minimum atomic E-state index is -0.672. The SMILES string of the molecule is NC(CO)(CCN1CCn2ccnc2C1)c1ccccc1. The fourth-order valence-electron chi connectivity index (χ4n) is 2.86. The van der Waals surface area contributed by atoms with Crippen molar-refractivity contribution in [2.24, 2.45) is 5.73 Å². The van der Waals surface area contributed by atoms with Gasteiger partial charge in [0.25, 0.3) is 0 Å². The lowest BCUT2D eigenvalue weighted by Gasteiger charge is -2.33. The van der Waals surface area contributed by atoms with Crippen LogP contribution in [0.2, 0.25) is 0 Å². The van der Waals surface area contributed by atoms with Gasteiger partial charge in [0, 0.05) is 32.0 Å². The molecule has 0 saturated heterocycles. The number of hydrogen-bond acceptors (Lipinski definition) is 4. The van der Waals surface area contributed by atoms with Crippen LogP contribution >= 0.6 is 0 Å². The number of benzene rings is 1. The average Bonchev–Trinajstić information content (AvgIpc) is 3.01. The van der Waals surface area contributed by atoms with E-state index in [1.807, 2.05) is 42.7 Å². The number of nitrogens with zero attached hydrogens (tertiary/aromatic N) is 3. The summed E-state index contributed by atoms with van der Waals surface area (Å²) in [5.41, 5.74) is 6.73. The average molecular weight is 286 g/mol. The molecule has 112 valence electrons. The predicted molar refractivity (Wildman–Crippen MR) is 81.5 cm³/mol. The minimum absolute atomic E-state index is 0.0422. The highest BCUT2D eigenvalue weighted by Crippen LogP contribution is 2.23. The Balaban J connectivity index is 1.64. The van der Waals surface area contributed by atoms with E-state index in [0.29, 0.717) is 0 Å². The molecule has 2 heterocycles. The van der Waals surface area contributed by atoms with Crippen molar-refractivity contribution in [2.45, 2.75) is 25.0 Å². The molecule has 1 unspecified atom stereocenters. The number of fused-ring (bicyclic) bond motifs is 1. The van der Waals surface area contributed by atoms with Crippen molar-refractivity contribution < 1.29 is 5.11 Å². The van der Waals surface area contributed by atoms with Crippen LogP contribution in [0.15, 0.2) is 42.7 Å². The molecule has 1 aliphatic rings. The molecule has 21 heavy (non-hydrogen) atoms. The number of rotatable bonds is 5. The first kappa shape index (κ1) is 14.3. The van der Waals surface area contributed by atoms with Gasteiger partial charge >= 0.3 is 0 Å². The van der Waals surface area contributed by atoms with Crippen molar-refractivity contribution >= 4 is 0 Å². The lowest BCUT2D eigenvalue weighted by Crippen LogP contribution is -2.45. The molecule has 1 aromatic carbocycles. The summed E-state index contributed by atoms with van der Waals surface area (Å²) in [6, 6.07) is 9.86. The normalized spacial score (nSPS) is 18.2. The summed E-state index contributed by atoms with van der Waals surface area (Å²) in [6.45, 7) is 3.64. The molecule has 5 heteroatoms. The van der Waals surface area contributed by atoms with Crippen LogP contribution < -0.4 is 5.73 Å². The highest BCUT2D eigenvalue weighted by Gasteiger charge is 2.28. The predicted octanol–water partition coefficient (Wildman–Crippen LogP) is 0.935. The van der Waals surface area contributed by atoms with Gasteiger partial charge in [0.1, 0.15) is 5.82 Å². The second kappa shape index (κ2) is 5.97. The summed E-state index contributed by atoms with van der Waals surface area (Å²) in [7, 11) is 0. The topological polar surface area (TPSA) is 67.3 Å². The van der Waals surface area contributed by atoms with Crippen LogP contribution in [0.4, 0.5) is 0 Å². The van der Waals surface area contributed by atoms with Crippen LogP contribution in [-0.4, -0.2) is 39.3 Å². The third kappa shape index (κ3) is 3.00. The molecule has 1 aliphatic heterocycles. The van der Waals surface area contributed by atoms with E-state index in [-0.39, 0.29) is 6.61 Å². The van der Waals surface area contributed by atoms with E-state index in [9.17, 15) is 5.11 Å². The van der Waals surface area contributed by atoms with E-state index in [1.165, 1.54) is 0 Å². The molecule has 0 saturated carbocycles. The standard InChI is InChI=1S/C16H22N4O/c17-16(13-21,14-4-2-1-3-5-14)6-8-19-10-11-20-9-7-18-15(20)12-19/h1-5,7,9,21H,6,8,10-13,17H2. The first-order chi connectivity index (χ1) is 10.2. The Morgan fingerprint density at radius 1 is 1.24 bits per heavy atom. The Kier molecular flexibility index (Phi) is 4.05. The number of aliphatic hydroxyl groups is 1. The summed E-state index contributed by atoms with van der Waals surface area (Å²) in [5.74, 6) is 1.10. The molecule has 0 fully saturated rings. The third-order valence-electron chi connectivity index (χ3n) is 4.33. The molecular weight excluding hydrogens is 264 g/mol. The molecular formula is C16H22N4O. The minimum Gasteiger partial charge on any atom is -0.394 e. The largest absolute Gasteiger partial charge is 0.394 e. The second-order valence-corrected chi connectivity index (χ2v) is 5.74. The highest BCUT2D eigenvalue weighted by atomic mass is 16.3. The van der Waals surface area contributed by atoms with E-state index in [2.05, 4.69) is 14.5 Å². The van der Waals surface area contributed by atoms with Gasteiger partial charge < -0.3 is 15.4 Å². The monoisotopic (exact) mass is 286 g/mol. The highest BCUT2D eigenvalue weighted by molar-refractivity contribution is 5.24. The van der Waals surface area contributed by atoms with Crippen LogP contribution in [0.1, 0.15) is 17.8 Å². The molecule has 0 amide bonds. The number of hydrogen-bond donors (Lipinski definition) is 2. The Morgan fingerprint density at radius 3 is 2.81 bits per heavy atom. The zero-order valence-electron chi connectivity index (χ0n) is 12.2. The van der Waals surface area contributed by atoms with E-state index >= 15 is 0 Å². The summed E-state index contributed by atoms with van der Waals surface area (Å²) < 4.78 is 2.19. The Hall–Kier alpha value is -1.69. The maximum Gasteiger partial charge on any atom is 0.122 e. The number of aromatic nitrogens is 2. The molecule has 0 aliphatic carbocycles. The van der Waals surface area contributed by atoms with Crippen LogP contribution in [0, 0.1) is 0 Å². The molecule has 2 aromatic rings. The fraction of sp³-hybridized carbons (Fsp3) is 0.438. The number of aliphatic hydroxyl groups excluding tert-OH is 1. The summed E-state index contributed by atoms with van der Waals surface area (Å²) in [4.78, 5) is 6.72. The lowest BCUT2D eigenvalue weighted by molar-refractivity contribution is 0.149. The zero-order valence-corrected chi connectivity index (χ0v) is 12.2. The molecule has 1 aromatic heterocycles. The fourth-order valence-corrected chi connectivity index (χ4v) is 2.86. The molecule has 5 nitrogen and oxygen atoms in total. The van der Waals surface area contributed by atoms with E-state index in [4.69, 9.17) is 5.73 Å². The number of imidazole rings is 1. The van der Waals surface area contributed by atoms with Gasteiger partial charge in [0.2, 0.25) is 0 Å². The first-order valence-corrected chi connectivity index (χ1v) is 7.39. The third-order valence-corrected chi connectivity index (χ3v) is 4.33. The first-order valence-electron chi connectivity index (χ1n) is 7.39. The van der Waals surface area contributed by atoms with Crippen LogP contribution in [0.3, 0.4) is 0 Å². The van der Waals surface area contributed by atoms with Crippen LogP contribution in [0.25, 0.3) is 0 Å². The van der Waals surface area contributed by atoms with Gasteiger partial charge in [-0.2, -0.15) is 0 Å². The van der Waals surface area contributed by atoms with Crippen molar-refractivity contribution in [3.63, 3.8) is 0 Å². The molecule has 0 spiro atoms. The molecule has 1 atom stereocenters. The smallest absolute Gasteiger partial charge is 0.122 e. The molecule has 0 bridgehead atoms. The van der Waals surface area contributed by atoms with Gasteiger partial charge in [-0.15, -0.1) is 0 Å². The van der Waals surface area contributed by atoms with Crippen LogP contribution in [0.5, 0.6) is 0 Å². The summed E-state index contributed by atoms with van der Waals surface area (Å²) in [6.07, 6.45) is 4.61. The van der Waals surface area contributed by atoms with Gasteiger partial charge in [0.15, 0.2) is 0 Å². The summed E-state index contributed by atoms with van der Waals surface area (Å²) in [5, 5.41) is 9.73. The van der Waals surface area contributed by atoms with Gasteiger partial charge in [0.05, 0.1) is 18.7 Å². The number of nitrogens with two attached hydrogens (primary N) is 1. The van der Waals surface area contributed by atoms with Gasteiger partial charge in [-0.1, -0.05) is 30.3 Å². The van der Waals surface area contributed by atoms with E-state index < -0.39 is 5.54 Å².